The van der Waals surface area contributed by atoms with Gasteiger partial charge in [-0.15, -0.1) is 12.3 Å². The van der Waals surface area contributed by atoms with E-state index in [-0.39, 0.29) is 12.1 Å². The molecule has 2 heteroatoms. The molecule has 0 saturated heterocycles. The smallest absolute Gasteiger partial charge is 0.307 e. The van der Waals surface area contributed by atoms with Gasteiger partial charge in [-0.1, -0.05) is 20.8 Å². The molecule has 1 aliphatic rings. The Kier molecular flexibility index (Phi) is 5.05. The average molecular weight is 236 g/mol. The van der Waals surface area contributed by atoms with Crippen LogP contribution in [0.25, 0.3) is 0 Å². The third kappa shape index (κ3) is 4.81. The summed E-state index contributed by atoms with van der Waals surface area (Å²) in [5, 5.41) is 0. The molecule has 96 valence electrons. The maximum atomic E-state index is 11.4. The van der Waals surface area contributed by atoms with Gasteiger partial charge >= 0.3 is 5.97 Å². The molecule has 0 aliphatic heterocycles. The van der Waals surface area contributed by atoms with Crippen LogP contribution in [0, 0.1) is 23.7 Å². The van der Waals surface area contributed by atoms with E-state index in [1.807, 2.05) is 0 Å². The minimum Gasteiger partial charge on any atom is -0.462 e. The topological polar surface area (TPSA) is 26.3 Å². The summed E-state index contributed by atoms with van der Waals surface area (Å²) >= 11 is 0. The van der Waals surface area contributed by atoms with Crippen LogP contribution >= 0.6 is 0 Å². The summed E-state index contributed by atoms with van der Waals surface area (Å²) in [5.41, 5.74) is 0.373. The Labute approximate surface area is 105 Å². The van der Waals surface area contributed by atoms with Gasteiger partial charge in [0.25, 0.3) is 0 Å². The Morgan fingerprint density at radius 2 is 1.88 bits per heavy atom. The van der Waals surface area contributed by atoms with Crippen LogP contribution in [-0.4, -0.2) is 12.1 Å². The highest BCUT2D eigenvalue weighted by molar-refractivity contribution is 5.69. The third-order valence-electron chi connectivity index (χ3n) is 3.67. The fraction of sp³-hybridized carbons (Fsp3) is 0.800. The molecule has 2 nitrogen and oxygen atoms in total. The Morgan fingerprint density at radius 3 is 2.35 bits per heavy atom. The molecular formula is C15H24O2. The molecule has 1 fully saturated rings. The molecule has 0 radical (unpaired) electrons. The zero-order valence-electron chi connectivity index (χ0n) is 11.3. The van der Waals surface area contributed by atoms with E-state index in [4.69, 9.17) is 11.2 Å². The molecule has 1 saturated carbocycles. The van der Waals surface area contributed by atoms with Gasteiger partial charge in [-0.2, -0.15) is 0 Å². The van der Waals surface area contributed by atoms with Crippen LogP contribution in [0.4, 0.5) is 0 Å². The fourth-order valence-electron chi connectivity index (χ4n) is 2.47. The lowest BCUT2D eigenvalue weighted by Gasteiger charge is -2.36. The number of carbonyl (C=O) groups excluding carboxylic acids is 1. The monoisotopic (exact) mass is 236 g/mol. The van der Waals surface area contributed by atoms with E-state index in [0.29, 0.717) is 18.3 Å². The van der Waals surface area contributed by atoms with Crippen LogP contribution in [0.5, 0.6) is 0 Å². The SMILES string of the molecule is C#CCCC(=O)OC1CCC(C(C)(C)C)CC1. The van der Waals surface area contributed by atoms with Crippen molar-refractivity contribution < 1.29 is 9.53 Å². The minimum atomic E-state index is -0.137. The van der Waals surface area contributed by atoms with Crippen molar-refractivity contribution in [1.82, 2.24) is 0 Å². The molecule has 0 spiro atoms. The second-order valence-electron chi connectivity index (χ2n) is 6.03. The van der Waals surface area contributed by atoms with Crippen molar-refractivity contribution in [3.8, 4) is 12.3 Å². The van der Waals surface area contributed by atoms with E-state index in [1.54, 1.807) is 0 Å². The van der Waals surface area contributed by atoms with Crippen molar-refractivity contribution in [3.05, 3.63) is 0 Å². The van der Waals surface area contributed by atoms with Crippen LogP contribution in [0.3, 0.4) is 0 Å². The normalized spacial score (nSPS) is 25.1. The second-order valence-corrected chi connectivity index (χ2v) is 6.03. The Bertz CT molecular complexity index is 285. The van der Waals surface area contributed by atoms with E-state index in [2.05, 4.69) is 26.7 Å². The maximum absolute atomic E-state index is 11.4. The average Bonchev–Trinajstić information content (AvgIpc) is 2.26. The highest BCUT2D eigenvalue weighted by Crippen LogP contribution is 2.38. The molecular weight excluding hydrogens is 212 g/mol. The largest absolute Gasteiger partial charge is 0.462 e. The van der Waals surface area contributed by atoms with Crippen LogP contribution in [-0.2, 0) is 9.53 Å². The zero-order chi connectivity index (χ0) is 12.9. The lowest BCUT2D eigenvalue weighted by atomic mass is 9.72. The van der Waals surface area contributed by atoms with E-state index in [0.717, 1.165) is 31.6 Å². The van der Waals surface area contributed by atoms with Crippen molar-refractivity contribution in [2.45, 2.75) is 65.4 Å². The quantitative estimate of drug-likeness (QED) is 0.553. The lowest BCUT2D eigenvalue weighted by Crippen LogP contribution is -2.30. The maximum Gasteiger partial charge on any atom is 0.307 e. The van der Waals surface area contributed by atoms with Gasteiger partial charge in [0.05, 0.1) is 6.42 Å². The van der Waals surface area contributed by atoms with Crippen molar-refractivity contribution >= 4 is 5.97 Å². The molecule has 0 N–H and O–H groups in total. The van der Waals surface area contributed by atoms with Gasteiger partial charge in [0, 0.05) is 6.42 Å². The van der Waals surface area contributed by atoms with E-state index < -0.39 is 0 Å². The number of carbonyl (C=O) groups is 1. The second kappa shape index (κ2) is 6.10. The summed E-state index contributed by atoms with van der Waals surface area (Å²) in [5.74, 6) is 3.08. The van der Waals surface area contributed by atoms with Crippen molar-refractivity contribution in [2.24, 2.45) is 11.3 Å². The first kappa shape index (κ1) is 14.1. The molecule has 0 amide bonds. The number of esters is 1. The van der Waals surface area contributed by atoms with Gasteiger partial charge in [-0.25, -0.2) is 0 Å². The summed E-state index contributed by atoms with van der Waals surface area (Å²) in [6.45, 7) is 6.87. The molecule has 1 aliphatic carbocycles. The summed E-state index contributed by atoms with van der Waals surface area (Å²) < 4.78 is 5.42. The summed E-state index contributed by atoms with van der Waals surface area (Å²) in [4.78, 5) is 11.4. The van der Waals surface area contributed by atoms with E-state index in [1.165, 1.54) is 0 Å². The van der Waals surface area contributed by atoms with E-state index >= 15 is 0 Å². The summed E-state index contributed by atoms with van der Waals surface area (Å²) in [6, 6.07) is 0. The Morgan fingerprint density at radius 1 is 1.29 bits per heavy atom. The van der Waals surface area contributed by atoms with Gasteiger partial charge in [0.2, 0.25) is 0 Å². The van der Waals surface area contributed by atoms with Crippen LogP contribution < -0.4 is 0 Å². The number of ether oxygens (including phenoxy) is 1. The first-order chi connectivity index (χ1) is 7.93. The fourth-order valence-corrected chi connectivity index (χ4v) is 2.47. The lowest BCUT2D eigenvalue weighted by molar-refractivity contribution is -0.151. The van der Waals surface area contributed by atoms with Gasteiger partial charge in [-0.05, 0) is 37.0 Å². The number of hydrogen-bond donors (Lipinski definition) is 0. The highest BCUT2D eigenvalue weighted by Gasteiger charge is 2.30. The molecule has 0 atom stereocenters. The van der Waals surface area contributed by atoms with Gasteiger partial charge in [-0.3, -0.25) is 4.79 Å². The van der Waals surface area contributed by atoms with Gasteiger partial charge in [0.15, 0.2) is 0 Å². The molecule has 0 heterocycles. The predicted octanol–water partition coefficient (Wildman–Crippen LogP) is 3.55. The number of terminal acetylenes is 1. The van der Waals surface area contributed by atoms with Gasteiger partial charge < -0.3 is 4.74 Å². The molecule has 1 rings (SSSR count). The molecule has 0 aromatic carbocycles. The summed E-state index contributed by atoms with van der Waals surface area (Å²) in [6.07, 6.45) is 10.4. The Balaban J connectivity index is 2.28. The summed E-state index contributed by atoms with van der Waals surface area (Å²) in [7, 11) is 0. The molecule has 0 aromatic heterocycles. The predicted molar refractivity (Wildman–Crippen MR) is 69.4 cm³/mol. The zero-order valence-corrected chi connectivity index (χ0v) is 11.3. The van der Waals surface area contributed by atoms with Crippen molar-refractivity contribution in [1.29, 1.82) is 0 Å². The molecule has 0 bridgehead atoms. The van der Waals surface area contributed by atoms with Crippen LogP contribution in [0.15, 0.2) is 0 Å². The number of hydrogen-bond acceptors (Lipinski definition) is 2. The molecule has 0 aromatic rings. The van der Waals surface area contributed by atoms with Crippen LogP contribution in [0.1, 0.15) is 59.3 Å². The van der Waals surface area contributed by atoms with Crippen molar-refractivity contribution in [3.63, 3.8) is 0 Å². The Hall–Kier alpha value is -0.970. The van der Waals surface area contributed by atoms with Gasteiger partial charge in [0.1, 0.15) is 6.10 Å². The first-order valence-corrected chi connectivity index (χ1v) is 6.56. The number of rotatable bonds is 3. The standard InChI is InChI=1S/C15H24O2/c1-5-6-7-14(16)17-13-10-8-12(9-11-13)15(2,3)4/h1,12-13H,6-11H2,2-4H3. The van der Waals surface area contributed by atoms with Crippen LogP contribution in [0.2, 0.25) is 0 Å². The third-order valence-corrected chi connectivity index (χ3v) is 3.67. The van der Waals surface area contributed by atoms with Crippen molar-refractivity contribution in [2.75, 3.05) is 0 Å². The molecule has 17 heavy (non-hydrogen) atoms. The highest BCUT2D eigenvalue weighted by atomic mass is 16.5. The molecule has 0 unspecified atom stereocenters. The van der Waals surface area contributed by atoms with E-state index in [9.17, 15) is 4.79 Å². The minimum absolute atomic E-state index is 0.124. The first-order valence-electron chi connectivity index (χ1n) is 6.56.